The highest BCUT2D eigenvalue weighted by Crippen LogP contribution is 2.48. The van der Waals surface area contributed by atoms with E-state index in [1.165, 1.54) is 26.4 Å². The third-order valence-corrected chi connectivity index (χ3v) is 4.63. The van der Waals surface area contributed by atoms with Gasteiger partial charge in [-0.15, -0.1) is 0 Å². The Balaban J connectivity index is 2.06. The highest BCUT2D eigenvalue weighted by Gasteiger charge is 2.47. The van der Waals surface area contributed by atoms with Gasteiger partial charge in [0.1, 0.15) is 0 Å². The van der Waals surface area contributed by atoms with Crippen molar-refractivity contribution in [3.8, 4) is 0 Å². The Kier molecular flexibility index (Phi) is 3.76. The minimum Gasteiger partial charge on any atom is -0.469 e. The van der Waals surface area contributed by atoms with Gasteiger partial charge in [0.15, 0.2) is 0 Å². The normalized spacial score (nSPS) is 35.4. The summed E-state index contributed by atoms with van der Waals surface area (Å²) in [6, 6.07) is 0. The number of ether oxygens (including phenoxy) is 1. The van der Waals surface area contributed by atoms with Crippen LogP contribution in [0, 0.1) is 17.8 Å². The molecule has 3 unspecified atom stereocenters. The molecule has 0 aromatic carbocycles. The molecule has 0 aromatic rings. The zero-order chi connectivity index (χ0) is 12.5. The Hall–Kier alpha value is -0.570. The van der Waals surface area contributed by atoms with Crippen LogP contribution < -0.4 is 0 Å². The van der Waals surface area contributed by atoms with E-state index in [2.05, 4.69) is 0 Å². The zero-order valence-electron chi connectivity index (χ0n) is 10.9. The fourth-order valence-corrected chi connectivity index (χ4v) is 3.52. The predicted octanol–water partition coefficient (Wildman–Crippen LogP) is 2.52. The van der Waals surface area contributed by atoms with Crippen LogP contribution in [-0.2, 0) is 9.53 Å². The molecule has 2 aliphatic rings. The van der Waals surface area contributed by atoms with Crippen molar-refractivity contribution >= 4 is 5.97 Å². The molecule has 0 radical (unpaired) electrons. The quantitative estimate of drug-likeness (QED) is 0.768. The Morgan fingerprint density at radius 1 is 1.41 bits per heavy atom. The maximum atomic E-state index is 11.8. The summed E-state index contributed by atoms with van der Waals surface area (Å²) in [6.45, 7) is 1.96. The minimum atomic E-state index is -0.812. The maximum Gasteiger partial charge on any atom is 0.311 e. The van der Waals surface area contributed by atoms with Gasteiger partial charge in [0.2, 0.25) is 0 Å². The first-order valence-electron chi connectivity index (χ1n) is 6.91. The van der Waals surface area contributed by atoms with E-state index in [0.29, 0.717) is 12.3 Å². The van der Waals surface area contributed by atoms with Crippen molar-refractivity contribution in [2.45, 2.75) is 57.5 Å². The summed E-state index contributed by atoms with van der Waals surface area (Å²) < 4.78 is 4.83. The molecule has 3 atom stereocenters. The van der Waals surface area contributed by atoms with Gasteiger partial charge >= 0.3 is 5.97 Å². The summed E-state index contributed by atoms with van der Waals surface area (Å²) >= 11 is 0. The number of hydrogen-bond donors (Lipinski definition) is 1. The van der Waals surface area contributed by atoms with Gasteiger partial charge in [0.05, 0.1) is 18.6 Å². The molecule has 0 bridgehead atoms. The second-order valence-electron chi connectivity index (χ2n) is 5.78. The van der Waals surface area contributed by atoms with Crippen molar-refractivity contribution in [2.24, 2.45) is 17.8 Å². The Morgan fingerprint density at radius 2 is 2.12 bits per heavy atom. The molecule has 0 spiro atoms. The molecule has 2 fully saturated rings. The molecule has 2 saturated carbocycles. The van der Waals surface area contributed by atoms with Crippen molar-refractivity contribution in [2.75, 3.05) is 7.11 Å². The van der Waals surface area contributed by atoms with E-state index in [1.54, 1.807) is 0 Å². The molecule has 0 amide bonds. The molecule has 2 rings (SSSR count). The second-order valence-corrected chi connectivity index (χ2v) is 5.78. The number of methoxy groups -OCH3 is 1. The molecule has 0 aromatic heterocycles. The van der Waals surface area contributed by atoms with Crippen LogP contribution in [0.2, 0.25) is 0 Å². The lowest BCUT2D eigenvalue weighted by atomic mass is 9.69. The third-order valence-electron chi connectivity index (χ3n) is 4.63. The Bertz CT molecular complexity index is 285. The number of hydrogen-bond acceptors (Lipinski definition) is 3. The van der Waals surface area contributed by atoms with Gasteiger partial charge in [-0.1, -0.05) is 13.3 Å². The standard InChI is InChI=1S/C14H24O3/c1-3-12(13(15)17-2)14(16)8-4-5-11(9-14)10-6-7-10/h10-12,16H,3-9H2,1-2H3. The van der Waals surface area contributed by atoms with Crippen LogP contribution in [0.25, 0.3) is 0 Å². The topological polar surface area (TPSA) is 46.5 Å². The molecule has 0 aliphatic heterocycles. The molecule has 3 nitrogen and oxygen atoms in total. The van der Waals surface area contributed by atoms with Crippen molar-refractivity contribution in [1.29, 1.82) is 0 Å². The number of carbonyl (C=O) groups is 1. The molecule has 0 saturated heterocycles. The smallest absolute Gasteiger partial charge is 0.311 e. The average molecular weight is 240 g/mol. The van der Waals surface area contributed by atoms with Crippen LogP contribution in [0.15, 0.2) is 0 Å². The summed E-state index contributed by atoms with van der Waals surface area (Å²) in [5, 5.41) is 10.8. The van der Waals surface area contributed by atoms with Crippen LogP contribution in [0.3, 0.4) is 0 Å². The molecule has 0 heterocycles. The van der Waals surface area contributed by atoms with E-state index in [0.717, 1.165) is 25.2 Å². The van der Waals surface area contributed by atoms with Crippen LogP contribution >= 0.6 is 0 Å². The SMILES string of the molecule is CCC(C(=O)OC)C1(O)CCCC(C2CC2)C1. The third kappa shape index (κ3) is 2.65. The van der Waals surface area contributed by atoms with Gasteiger partial charge in [-0.2, -0.15) is 0 Å². The van der Waals surface area contributed by atoms with E-state index in [1.807, 2.05) is 6.92 Å². The molecule has 2 aliphatic carbocycles. The van der Waals surface area contributed by atoms with E-state index >= 15 is 0 Å². The van der Waals surface area contributed by atoms with E-state index < -0.39 is 5.60 Å². The monoisotopic (exact) mass is 240 g/mol. The Morgan fingerprint density at radius 3 is 2.65 bits per heavy atom. The first-order valence-corrected chi connectivity index (χ1v) is 6.91. The van der Waals surface area contributed by atoms with Crippen LogP contribution in [0.1, 0.15) is 51.9 Å². The van der Waals surface area contributed by atoms with Gasteiger partial charge in [-0.05, 0) is 50.4 Å². The largest absolute Gasteiger partial charge is 0.469 e. The van der Waals surface area contributed by atoms with Gasteiger partial charge in [0.25, 0.3) is 0 Å². The van der Waals surface area contributed by atoms with Gasteiger partial charge < -0.3 is 9.84 Å². The predicted molar refractivity (Wildman–Crippen MR) is 65.4 cm³/mol. The lowest BCUT2D eigenvalue weighted by Crippen LogP contribution is -2.46. The summed E-state index contributed by atoms with van der Waals surface area (Å²) in [5.74, 6) is 0.866. The van der Waals surface area contributed by atoms with Crippen molar-refractivity contribution in [1.82, 2.24) is 0 Å². The van der Waals surface area contributed by atoms with Crippen LogP contribution in [0.5, 0.6) is 0 Å². The van der Waals surface area contributed by atoms with Crippen molar-refractivity contribution in [3.05, 3.63) is 0 Å². The summed E-state index contributed by atoms with van der Waals surface area (Å²) in [4.78, 5) is 11.8. The van der Waals surface area contributed by atoms with E-state index in [4.69, 9.17) is 4.74 Å². The Labute approximate surface area is 104 Å². The second kappa shape index (κ2) is 4.97. The van der Waals surface area contributed by atoms with E-state index in [9.17, 15) is 9.90 Å². The molecule has 98 valence electrons. The van der Waals surface area contributed by atoms with Crippen molar-refractivity contribution < 1.29 is 14.6 Å². The molecule has 17 heavy (non-hydrogen) atoms. The van der Waals surface area contributed by atoms with Crippen LogP contribution in [-0.4, -0.2) is 23.8 Å². The fraction of sp³-hybridized carbons (Fsp3) is 0.929. The van der Waals surface area contributed by atoms with Crippen molar-refractivity contribution in [3.63, 3.8) is 0 Å². The maximum absolute atomic E-state index is 11.8. The number of carbonyl (C=O) groups excluding carboxylic acids is 1. The molecular formula is C14H24O3. The average Bonchev–Trinajstić information content (AvgIpc) is 3.13. The van der Waals surface area contributed by atoms with E-state index in [-0.39, 0.29) is 11.9 Å². The minimum absolute atomic E-state index is 0.244. The highest BCUT2D eigenvalue weighted by atomic mass is 16.5. The summed E-state index contributed by atoms with van der Waals surface area (Å²) in [5.41, 5.74) is -0.812. The fourth-order valence-electron chi connectivity index (χ4n) is 3.52. The molecule has 1 N–H and O–H groups in total. The number of rotatable bonds is 4. The molecule has 3 heteroatoms. The van der Waals surface area contributed by atoms with Gasteiger partial charge in [-0.25, -0.2) is 0 Å². The number of esters is 1. The van der Waals surface area contributed by atoms with Gasteiger partial charge in [-0.3, -0.25) is 4.79 Å². The number of aliphatic hydroxyl groups is 1. The van der Waals surface area contributed by atoms with Gasteiger partial charge in [0, 0.05) is 0 Å². The first kappa shape index (κ1) is 12.9. The summed E-state index contributed by atoms with van der Waals surface area (Å²) in [7, 11) is 1.41. The lowest BCUT2D eigenvalue weighted by molar-refractivity contribution is -0.160. The molecular weight excluding hydrogens is 216 g/mol. The zero-order valence-corrected chi connectivity index (χ0v) is 10.9. The lowest BCUT2D eigenvalue weighted by Gasteiger charge is -2.41. The first-order chi connectivity index (χ1) is 8.10. The highest BCUT2D eigenvalue weighted by molar-refractivity contribution is 5.73. The summed E-state index contributed by atoms with van der Waals surface area (Å²) in [6.07, 6.45) is 7.12. The van der Waals surface area contributed by atoms with Crippen LogP contribution in [0.4, 0.5) is 0 Å².